The third-order valence-electron chi connectivity index (χ3n) is 4.50. The van der Waals surface area contributed by atoms with E-state index in [9.17, 15) is 0 Å². The smallest absolute Gasteiger partial charge is 0.0576 e. The Balaban J connectivity index is 2.11. The number of benzene rings is 1. The third-order valence-corrected chi connectivity index (χ3v) is 5.42. The van der Waals surface area contributed by atoms with Crippen molar-refractivity contribution >= 4 is 15.9 Å². The molecule has 1 aliphatic heterocycles. The van der Waals surface area contributed by atoms with Gasteiger partial charge in [-0.3, -0.25) is 0 Å². The Morgan fingerprint density at radius 2 is 1.84 bits per heavy atom. The third kappa shape index (κ3) is 3.41. The highest BCUT2D eigenvalue weighted by Gasteiger charge is 2.20. The molecule has 0 saturated carbocycles. The largest absolute Gasteiger partial charge is 0.378 e. The van der Waals surface area contributed by atoms with E-state index in [0.29, 0.717) is 10.9 Å². The second-order valence-electron chi connectivity index (χ2n) is 5.85. The van der Waals surface area contributed by atoms with Gasteiger partial charge in [-0.05, 0) is 81.2 Å². The first kappa shape index (κ1) is 15.1. The van der Waals surface area contributed by atoms with Crippen LogP contribution in [0, 0.1) is 27.7 Å². The van der Waals surface area contributed by atoms with Gasteiger partial charge < -0.3 is 4.74 Å². The van der Waals surface area contributed by atoms with Crippen molar-refractivity contribution in [3.05, 3.63) is 33.9 Å². The predicted octanol–water partition coefficient (Wildman–Crippen LogP) is 5.32. The molecule has 0 aliphatic carbocycles. The molecule has 2 atom stereocenters. The Kier molecular flexibility index (Phi) is 5.08. The molecule has 106 valence electrons. The molecule has 2 heteroatoms. The summed E-state index contributed by atoms with van der Waals surface area (Å²) in [6, 6.07) is 2.30. The van der Waals surface area contributed by atoms with E-state index in [0.717, 1.165) is 13.0 Å². The van der Waals surface area contributed by atoms with E-state index in [1.807, 2.05) is 0 Å². The van der Waals surface area contributed by atoms with Crippen molar-refractivity contribution in [2.24, 2.45) is 0 Å². The van der Waals surface area contributed by atoms with Gasteiger partial charge in [-0.15, -0.1) is 0 Å². The molecular formula is C17H25BrO. The Morgan fingerprint density at radius 1 is 1.21 bits per heavy atom. The summed E-state index contributed by atoms with van der Waals surface area (Å²) in [5.74, 6) is 0. The van der Waals surface area contributed by atoms with Gasteiger partial charge in [0.05, 0.1) is 6.10 Å². The fraction of sp³-hybridized carbons (Fsp3) is 0.647. The van der Waals surface area contributed by atoms with Gasteiger partial charge in [0, 0.05) is 11.4 Å². The average Bonchev–Trinajstić information content (AvgIpc) is 2.87. The highest BCUT2D eigenvalue weighted by molar-refractivity contribution is 9.09. The first-order chi connectivity index (χ1) is 9.00. The normalized spacial score (nSPS) is 20.8. The van der Waals surface area contributed by atoms with Crippen molar-refractivity contribution in [1.29, 1.82) is 0 Å². The maximum atomic E-state index is 5.73. The van der Waals surface area contributed by atoms with E-state index in [1.54, 1.807) is 0 Å². The first-order valence-corrected chi connectivity index (χ1v) is 8.25. The summed E-state index contributed by atoms with van der Waals surface area (Å²) < 4.78 is 5.73. The molecule has 0 aromatic heterocycles. The van der Waals surface area contributed by atoms with Crippen LogP contribution in [-0.4, -0.2) is 12.7 Å². The van der Waals surface area contributed by atoms with Crippen LogP contribution in [-0.2, 0) is 4.74 Å². The van der Waals surface area contributed by atoms with Crippen LogP contribution < -0.4 is 0 Å². The zero-order chi connectivity index (χ0) is 14.0. The molecule has 1 fully saturated rings. The standard InChI is InChI=1S/C17H25BrO/c1-11-10-12(2)14(4)17(13(11)3)16(18)8-7-15-6-5-9-19-15/h10,15-16H,5-9H2,1-4H3. The molecule has 1 heterocycles. The molecule has 19 heavy (non-hydrogen) atoms. The van der Waals surface area contributed by atoms with Crippen molar-refractivity contribution in [3.8, 4) is 0 Å². The SMILES string of the molecule is Cc1cc(C)c(C)c(C(Br)CCC2CCCO2)c1C. The quantitative estimate of drug-likeness (QED) is 0.681. The van der Waals surface area contributed by atoms with E-state index in [-0.39, 0.29) is 0 Å². The minimum Gasteiger partial charge on any atom is -0.378 e. The topological polar surface area (TPSA) is 9.23 Å². The van der Waals surface area contributed by atoms with Crippen LogP contribution in [0.1, 0.15) is 58.3 Å². The molecule has 0 spiro atoms. The first-order valence-electron chi connectivity index (χ1n) is 7.33. The van der Waals surface area contributed by atoms with Gasteiger partial charge in [-0.2, -0.15) is 0 Å². The number of alkyl halides is 1. The molecule has 2 rings (SSSR count). The van der Waals surface area contributed by atoms with Crippen molar-refractivity contribution in [2.45, 2.75) is 64.3 Å². The van der Waals surface area contributed by atoms with Gasteiger partial charge >= 0.3 is 0 Å². The zero-order valence-electron chi connectivity index (χ0n) is 12.6. The van der Waals surface area contributed by atoms with Gasteiger partial charge in [0.25, 0.3) is 0 Å². The van der Waals surface area contributed by atoms with Crippen LogP contribution in [0.25, 0.3) is 0 Å². The lowest BCUT2D eigenvalue weighted by molar-refractivity contribution is 0.102. The van der Waals surface area contributed by atoms with Crippen LogP contribution in [0.5, 0.6) is 0 Å². The fourth-order valence-electron chi connectivity index (χ4n) is 3.07. The summed E-state index contributed by atoms with van der Waals surface area (Å²) in [4.78, 5) is 0.454. The lowest BCUT2D eigenvalue weighted by Gasteiger charge is -2.21. The van der Waals surface area contributed by atoms with E-state index in [2.05, 4.69) is 49.7 Å². The highest BCUT2D eigenvalue weighted by atomic mass is 79.9. The minimum atomic E-state index is 0.454. The molecule has 1 aliphatic rings. The summed E-state index contributed by atoms with van der Waals surface area (Å²) >= 11 is 3.91. The summed E-state index contributed by atoms with van der Waals surface area (Å²) in [5, 5.41) is 0. The Bertz CT molecular complexity index is 421. The molecular weight excluding hydrogens is 300 g/mol. The molecule has 0 amide bonds. The van der Waals surface area contributed by atoms with Crippen molar-refractivity contribution in [3.63, 3.8) is 0 Å². The number of rotatable bonds is 4. The Labute approximate surface area is 125 Å². The number of ether oxygens (including phenoxy) is 1. The summed E-state index contributed by atoms with van der Waals surface area (Å²) in [6.45, 7) is 9.88. The fourth-order valence-corrected chi connectivity index (χ4v) is 4.02. The van der Waals surface area contributed by atoms with Crippen LogP contribution in [0.2, 0.25) is 0 Å². The lowest BCUT2D eigenvalue weighted by Crippen LogP contribution is -2.08. The van der Waals surface area contributed by atoms with Crippen LogP contribution in [0.15, 0.2) is 6.07 Å². The Morgan fingerprint density at radius 3 is 2.37 bits per heavy atom. The summed E-state index contributed by atoms with van der Waals surface area (Å²) in [5.41, 5.74) is 7.18. The van der Waals surface area contributed by atoms with Gasteiger partial charge in [0.15, 0.2) is 0 Å². The number of hydrogen-bond donors (Lipinski definition) is 0. The number of halogens is 1. The van der Waals surface area contributed by atoms with Crippen molar-refractivity contribution < 1.29 is 4.74 Å². The molecule has 1 aromatic carbocycles. The van der Waals surface area contributed by atoms with Gasteiger partial charge in [0.1, 0.15) is 0 Å². The summed E-state index contributed by atoms with van der Waals surface area (Å²) in [7, 11) is 0. The van der Waals surface area contributed by atoms with E-state index >= 15 is 0 Å². The zero-order valence-corrected chi connectivity index (χ0v) is 14.1. The molecule has 1 saturated heterocycles. The molecule has 1 nitrogen and oxygen atoms in total. The monoisotopic (exact) mass is 324 g/mol. The van der Waals surface area contributed by atoms with Gasteiger partial charge in [0.2, 0.25) is 0 Å². The van der Waals surface area contributed by atoms with Crippen LogP contribution in [0.3, 0.4) is 0 Å². The lowest BCUT2D eigenvalue weighted by atomic mass is 9.90. The molecule has 0 radical (unpaired) electrons. The maximum Gasteiger partial charge on any atom is 0.0576 e. The highest BCUT2D eigenvalue weighted by Crippen LogP contribution is 2.36. The number of hydrogen-bond acceptors (Lipinski definition) is 1. The van der Waals surface area contributed by atoms with E-state index in [1.165, 1.54) is 47.1 Å². The average molecular weight is 325 g/mol. The van der Waals surface area contributed by atoms with Crippen molar-refractivity contribution in [1.82, 2.24) is 0 Å². The minimum absolute atomic E-state index is 0.454. The van der Waals surface area contributed by atoms with E-state index < -0.39 is 0 Å². The van der Waals surface area contributed by atoms with Crippen LogP contribution >= 0.6 is 15.9 Å². The molecule has 2 unspecified atom stereocenters. The molecule has 0 bridgehead atoms. The van der Waals surface area contributed by atoms with Crippen LogP contribution in [0.4, 0.5) is 0 Å². The van der Waals surface area contributed by atoms with E-state index in [4.69, 9.17) is 4.74 Å². The summed E-state index contributed by atoms with van der Waals surface area (Å²) in [6.07, 6.45) is 5.30. The second-order valence-corrected chi connectivity index (χ2v) is 6.96. The molecule has 0 N–H and O–H groups in total. The second kappa shape index (κ2) is 6.41. The van der Waals surface area contributed by atoms with Crippen molar-refractivity contribution in [2.75, 3.05) is 6.61 Å². The van der Waals surface area contributed by atoms with Gasteiger partial charge in [-0.25, -0.2) is 0 Å². The maximum absolute atomic E-state index is 5.73. The van der Waals surface area contributed by atoms with Gasteiger partial charge in [-0.1, -0.05) is 22.0 Å². The predicted molar refractivity (Wildman–Crippen MR) is 85.3 cm³/mol. The number of aryl methyl sites for hydroxylation is 2. The molecule has 1 aromatic rings. The Hall–Kier alpha value is -0.340.